The topological polar surface area (TPSA) is 84.8 Å². The van der Waals surface area contributed by atoms with E-state index in [1.54, 1.807) is 7.11 Å². The second kappa shape index (κ2) is 6.62. The van der Waals surface area contributed by atoms with Crippen molar-refractivity contribution in [1.82, 2.24) is 9.97 Å². The van der Waals surface area contributed by atoms with Crippen molar-refractivity contribution in [1.29, 1.82) is 0 Å². The van der Waals surface area contributed by atoms with Crippen LogP contribution in [-0.2, 0) is 4.74 Å². The second-order valence-corrected chi connectivity index (χ2v) is 5.07. The molecule has 0 radical (unpaired) electrons. The van der Waals surface area contributed by atoms with Gasteiger partial charge in [-0.05, 0) is 18.2 Å². The normalized spacial score (nSPS) is 14.6. The fourth-order valence-corrected chi connectivity index (χ4v) is 2.38. The van der Waals surface area contributed by atoms with Crippen molar-refractivity contribution in [2.24, 2.45) is 0 Å². The highest BCUT2D eigenvalue weighted by atomic mass is 16.5. The molecule has 2 heterocycles. The number of morpholine rings is 1. The van der Waals surface area contributed by atoms with E-state index in [0.717, 1.165) is 5.56 Å². The largest absolute Gasteiger partial charge is 0.497 e. The van der Waals surface area contributed by atoms with E-state index < -0.39 is 5.97 Å². The molecule has 1 aromatic carbocycles. The molecule has 3 rings (SSSR count). The number of hydrogen-bond donors (Lipinski definition) is 1. The molecular formula is C16H17N3O4. The molecule has 0 saturated carbocycles. The third-order valence-corrected chi connectivity index (χ3v) is 3.59. The molecule has 2 aromatic rings. The zero-order valence-corrected chi connectivity index (χ0v) is 12.7. The molecule has 23 heavy (non-hydrogen) atoms. The Kier molecular flexibility index (Phi) is 4.38. The summed E-state index contributed by atoms with van der Waals surface area (Å²) in [4.78, 5) is 22.0. The van der Waals surface area contributed by atoms with Gasteiger partial charge in [0.1, 0.15) is 5.75 Å². The molecule has 7 heteroatoms. The minimum absolute atomic E-state index is 0.0284. The number of aromatic nitrogens is 2. The first-order chi connectivity index (χ1) is 11.2. The van der Waals surface area contributed by atoms with Crippen LogP contribution in [0.4, 0.5) is 5.95 Å². The first-order valence-corrected chi connectivity index (χ1v) is 7.27. The van der Waals surface area contributed by atoms with Crippen LogP contribution >= 0.6 is 0 Å². The minimum Gasteiger partial charge on any atom is -0.497 e. The molecule has 1 aliphatic heterocycles. The van der Waals surface area contributed by atoms with Gasteiger partial charge in [0.15, 0.2) is 5.69 Å². The van der Waals surface area contributed by atoms with Gasteiger partial charge in [-0.25, -0.2) is 14.8 Å². The molecule has 0 aliphatic carbocycles. The Bertz CT molecular complexity index is 714. The van der Waals surface area contributed by atoms with Gasteiger partial charge in [0.05, 0.1) is 26.0 Å². The Morgan fingerprint density at radius 1 is 1.26 bits per heavy atom. The number of methoxy groups -OCH3 is 1. The fourth-order valence-electron chi connectivity index (χ4n) is 2.38. The number of carboxylic acids is 1. The first-order valence-electron chi connectivity index (χ1n) is 7.27. The number of benzene rings is 1. The van der Waals surface area contributed by atoms with Crippen molar-refractivity contribution < 1.29 is 19.4 Å². The molecule has 1 N–H and O–H groups in total. The minimum atomic E-state index is -1.08. The van der Waals surface area contributed by atoms with Gasteiger partial charge in [-0.15, -0.1) is 0 Å². The lowest BCUT2D eigenvalue weighted by atomic mass is 10.1. The summed E-state index contributed by atoms with van der Waals surface area (Å²) in [5.41, 5.74) is 1.31. The van der Waals surface area contributed by atoms with E-state index in [2.05, 4.69) is 9.97 Å². The quantitative estimate of drug-likeness (QED) is 0.919. The smallest absolute Gasteiger partial charge is 0.354 e. The van der Waals surface area contributed by atoms with Crippen LogP contribution in [0.3, 0.4) is 0 Å². The van der Waals surface area contributed by atoms with Gasteiger partial charge in [-0.1, -0.05) is 12.1 Å². The van der Waals surface area contributed by atoms with Gasteiger partial charge >= 0.3 is 5.97 Å². The number of carbonyl (C=O) groups is 1. The van der Waals surface area contributed by atoms with Crippen LogP contribution in [0.5, 0.6) is 5.75 Å². The lowest BCUT2D eigenvalue weighted by Crippen LogP contribution is -2.37. The molecule has 0 spiro atoms. The van der Waals surface area contributed by atoms with Gasteiger partial charge in [0, 0.05) is 18.7 Å². The molecule has 1 aliphatic rings. The van der Waals surface area contributed by atoms with Crippen LogP contribution in [0.2, 0.25) is 0 Å². The number of ether oxygens (including phenoxy) is 2. The Balaban J connectivity index is 2.04. The van der Waals surface area contributed by atoms with E-state index in [1.165, 1.54) is 6.07 Å². The zero-order valence-electron chi connectivity index (χ0n) is 12.7. The van der Waals surface area contributed by atoms with E-state index in [4.69, 9.17) is 9.47 Å². The first kappa shape index (κ1) is 15.2. The van der Waals surface area contributed by atoms with Crippen LogP contribution in [-0.4, -0.2) is 54.5 Å². The predicted octanol–water partition coefficient (Wildman–Crippen LogP) is 1.69. The standard InChI is InChI=1S/C16H17N3O4/c1-22-12-4-2-3-11(9-12)13-10-14(15(20)21)18-16(17-13)19-5-7-23-8-6-19/h2-4,9-10H,5-8H2,1H3,(H,20,21). The fraction of sp³-hybridized carbons (Fsp3) is 0.312. The summed E-state index contributed by atoms with van der Waals surface area (Å²) in [5.74, 6) is 0.0167. The lowest BCUT2D eigenvalue weighted by molar-refractivity contribution is 0.0690. The van der Waals surface area contributed by atoms with E-state index in [1.807, 2.05) is 29.2 Å². The summed E-state index contributed by atoms with van der Waals surface area (Å²) in [6.45, 7) is 2.44. The third-order valence-electron chi connectivity index (χ3n) is 3.59. The van der Waals surface area contributed by atoms with E-state index >= 15 is 0 Å². The maximum absolute atomic E-state index is 11.4. The Morgan fingerprint density at radius 2 is 2.04 bits per heavy atom. The highest BCUT2D eigenvalue weighted by Crippen LogP contribution is 2.25. The SMILES string of the molecule is COc1cccc(-c2cc(C(=O)O)nc(N3CCOCC3)n2)c1. The van der Waals surface area contributed by atoms with Crippen molar-refractivity contribution >= 4 is 11.9 Å². The Labute approximate surface area is 133 Å². The van der Waals surface area contributed by atoms with Crippen LogP contribution in [0.1, 0.15) is 10.5 Å². The van der Waals surface area contributed by atoms with Crippen molar-refractivity contribution in [3.05, 3.63) is 36.0 Å². The van der Waals surface area contributed by atoms with E-state index in [0.29, 0.717) is 43.7 Å². The van der Waals surface area contributed by atoms with Crippen LogP contribution in [0.25, 0.3) is 11.3 Å². The van der Waals surface area contributed by atoms with Gasteiger partial charge in [0.25, 0.3) is 0 Å². The predicted molar refractivity (Wildman–Crippen MR) is 84.0 cm³/mol. The number of nitrogens with zero attached hydrogens (tertiary/aromatic N) is 3. The van der Waals surface area contributed by atoms with Crippen LogP contribution in [0, 0.1) is 0 Å². The number of anilines is 1. The van der Waals surface area contributed by atoms with E-state index in [9.17, 15) is 9.90 Å². The summed E-state index contributed by atoms with van der Waals surface area (Å²) in [6, 6.07) is 8.81. The molecule has 0 amide bonds. The summed E-state index contributed by atoms with van der Waals surface area (Å²) < 4.78 is 10.5. The summed E-state index contributed by atoms with van der Waals surface area (Å²) >= 11 is 0. The zero-order chi connectivity index (χ0) is 16.2. The maximum Gasteiger partial charge on any atom is 0.354 e. The molecule has 0 bridgehead atoms. The van der Waals surface area contributed by atoms with Crippen molar-refractivity contribution in [3.63, 3.8) is 0 Å². The van der Waals surface area contributed by atoms with E-state index in [-0.39, 0.29) is 5.69 Å². The number of aromatic carboxylic acids is 1. The van der Waals surface area contributed by atoms with Crippen molar-refractivity contribution in [2.75, 3.05) is 38.3 Å². The van der Waals surface area contributed by atoms with Crippen molar-refractivity contribution in [2.45, 2.75) is 0 Å². The monoisotopic (exact) mass is 315 g/mol. The summed E-state index contributed by atoms with van der Waals surface area (Å²) in [6.07, 6.45) is 0. The molecular weight excluding hydrogens is 298 g/mol. The lowest BCUT2D eigenvalue weighted by Gasteiger charge is -2.27. The van der Waals surface area contributed by atoms with Gasteiger partial charge in [-0.3, -0.25) is 0 Å². The summed E-state index contributed by atoms with van der Waals surface area (Å²) in [5, 5.41) is 9.32. The van der Waals surface area contributed by atoms with Gasteiger partial charge in [-0.2, -0.15) is 0 Å². The highest BCUT2D eigenvalue weighted by Gasteiger charge is 2.18. The third kappa shape index (κ3) is 3.40. The molecule has 1 saturated heterocycles. The van der Waals surface area contributed by atoms with Crippen molar-refractivity contribution in [3.8, 4) is 17.0 Å². The number of rotatable bonds is 4. The molecule has 120 valence electrons. The Hall–Kier alpha value is -2.67. The molecule has 1 fully saturated rings. The maximum atomic E-state index is 11.4. The van der Waals surface area contributed by atoms with Crippen LogP contribution < -0.4 is 9.64 Å². The number of hydrogen-bond acceptors (Lipinski definition) is 6. The highest BCUT2D eigenvalue weighted by molar-refractivity contribution is 5.87. The Morgan fingerprint density at radius 3 is 2.74 bits per heavy atom. The number of carboxylic acid groups (broad SMARTS) is 1. The second-order valence-electron chi connectivity index (χ2n) is 5.07. The molecule has 7 nitrogen and oxygen atoms in total. The van der Waals surface area contributed by atoms with Gasteiger partial charge < -0.3 is 19.5 Å². The average molecular weight is 315 g/mol. The molecule has 1 aromatic heterocycles. The van der Waals surface area contributed by atoms with Gasteiger partial charge in [0.2, 0.25) is 5.95 Å². The molecule has 0 atom stereocenters. The average Bonchev–Trinajstić information content (AvgIpc) is 2.62. The summed E-state index contributed by atoms with van der Waals surface area (Å²) in [7, 11) is 1.58. The van der Waals surface area contributed by atoms with Crippen LogP contribution in [0.15, 0.2) is 30.3 Å². The molecule has 0 unspecified atom stereocenters.